The first-order valence-corrected chi connectivity index (χ1v) is 7.87. The molecule has 0 fully saturated rings. The molecular weight excluding hydrogens is 347 g/mol. The zero-order valence-corrected chi connectivity index (χ0v) is 13.7. The lowest BCUT2D eigenvalue weighted by atomic mass is 10.1. The van der Waals surface area contributed by atoms with E-state index in [1.165, 1.54) is 0 Å². The maximum Gasteiger partial charge on any atom is 0.256 e. The van der Waals surface area contributed by atoms with E-state index in [2.05, 4.69) is 15.5 Å². The minimum Gasteiger partial charge on any atom is -0.321 e. The van der Waals surface area contributed by atoms with E-state index in [9.17, 15) is 4.79 Å². The number of rotatable bonds is 2. The van der Waals surface area contributed by atoms with Gasteiger partial charge in [-0.1, -0.05) is 41.4 Å². The highest BCUT2D eigenvalue weighted by Gasteiger charge is 2.15. The molecule has 0 saturated heterocycles. The third-order valence-electron chi connectivity index (χ3n) is 3.73. The van der Waals surface area contributed by atoms with Crippen molar-refractivity contribution in [3.05, 3.63) is 70.5 Å². The summed E-state index contributed by atoms with van der Waals surface area (Å²) in [4.78, 5) is 12.8. The van der Waals surface area contributed by atoms with Crippen molar-refractivity contribution in [2.75, 3.05) is 5.32 Å². The first-order valence-electron chi connectivity index (χ1n) is 7.11. The molecule has 118 valence electrons. The van der Waals surface area contributed by atoms with Gasteiger partial charge in [-0.25, -0.2) is 0 Å². The van der Waals surface area contributed by atoms with Crippen LogP contribution in [0.1, 0.15) is 10.4 Å². The third-order valence-corrected chi connectivity index (χ3v) is 4.27. The molecule has 24 heavy (non-hydrogen) atoms. The molecule has 4 rings (SSSR count). The number of nitrogens with one attached hydrogen (secondary N) is 1. The number of fused-ring (bicyclic) bond motifs is 3. The molecule has 2 heterocycles. The largest absolute Gasteiger partial charge is 0.321 e. The molecule has 0 saturated carbocycles. The molecule has 0 bridgehead atoms. The lowest BCUT2D eigenvalue weighted by Crippen LogP contribution is -2.13. The Labute approximate surface area is 146 Å². The second kappa shape index (κ2) is 5.78. The number of hydrogen-bond acceptors (Lipinski definition) is 3. The summed E-state index contributed by atoms with van der Waals surface area (Å²) in [6.07, 6.45) is 1.62. The highest BCUT2D eigenvalue weighted by Crippen LogP contribution is 2.27. The van der Waals surface area contributed by atoms with Crippen molar-refractivity contribution in [3.63, 3.8) is 0 Å². The number of aromatic nitrogens is 3. The van der Waals surface area contributed by atoms with Gasteiger partial charge in [-0.15, -0.1) is 10.2 Å². The van der Waals surface area contributed by atoms with Crippen LogP contribution in [-0.4, -0.2) is 20.5 Å². The standard InChI is InChI=1S/C17H10Cl2N4O/c18-10-5-6-14(13(19)7-10)21-17(24)12-8-16-22-20-9-23(16)15-4-2-1-3-11(12)15/h1-9H,(H,21,24). The molecule has 5 nitrogen and oxygen atoms in total. The van der Waals surface area contributed by atoms with Gasteiger partial charge >= 0.3 is 0 Å². The zero-order valence-electron chi connectivity index (χ0n) is 12.2. The van der Waals surface area contributed by atoms with Gasteiger partial charge in [0, 0.05) is 10.4 Å². The van der Waals surface area contributed by atoms with Crippen LogP contribution in [0.4, 0.5) is 5.69 Å². The number of pyridine rings is 1. The topological polar surface area (TPSA) is 59.3 Å². The average molecular weight is 357 g/mol. The third kappa shape index (κ3) is 2.48. The molecule has 4 aromatic rings. The Morgan fingerprint density at radius 2 is 1.92 bits per heavy atom. The van der Waals surface area contributed by atoms with Crippen molar-refractivity contribution in [1.29, 1.82) is 0 Å². The van der Waals surface area contributed by atoms with Gasteiger partial charge in [0.25, 0.3) is 5.91 Å². The van der Waals surface area contributed by atoms with Crippen LogP contribution in [0.5, 0.6) is 0 Å². The summed E-state index contributed by atoms with van der Waals surface area (Å²) < 4.78 is 1.83. The smallest absolute Gasteiger partial charge is 0.256 e. The maximum atomic E-state index is 12.8. The van der Waals surface area contributed by atoms with Gasteiger partial charge in [-0.05, 0) is 30.3 Å². The van der Waals surface area contributed by atoms with E-state index in [0.717, 1.165) is 10.9 Å². The Bertz CT molecular complexity index is 1090. The molecule has 0 aliphatic rings. The van der Waals surface area contributed by atoms with Gasteiger partial charge < -0.3 is 5.32 Å². The highest BCUT2D eigenvalue weighted by molar-refractivity contribution is 6.37. The molecule has 0 aliphatic heterocycles. The first kappa shape index (κ1) is 14.9. The van der Waals surface area contributed by atoms with Gasteiger partial charge in [0.1, 0.15) is 6.33 Å². The fourth-order valence-electron chi connectivity index (χ4n) is 2.61. The van der Waals surface area contributed by atoms with E-state index in [-0.39, 0.29) is 5.91 Å². The Morgan fingerprint density at radius 3 is 2.75 bits per heavy atom. The van der Waals surface area contributed by atoms with Crippen molar-refractivity contribution in [1.82, 2.24) is 14.6 Å². The van der Waals surface area contributed by atoms with Crippen molar-refractivity contribution < 1.29 is 4.79 Å². The normalized spacial score (nSPS) is 11.1. The Balaban J connectivity index is 1.83. The lowest BCUT2D eigenvalue weighted by Gasteiger charge is -2.10. The quantitative estimate of drug-likeness (QED) is 0.577. The first-order chi connectivity index (χ1) is 11.6. The van der Waals surface area contributed by atoms with E-state index >= 15 is 0 Å². The molecule has 0 spiro atoms. The Morgan fingerprint density at radius 1 is 1.08 bits per heavy atom. The number of amides is 1. The van der Waals surface area contributed by atoms with Gasteiger partial charge in [0.15, 0.2) is 5.65 Å². The number of nitrogens with zero attached hydrogens (tertiary/aromatic N) is 3. The van der Waals surface area contributed by atoms with Gasteiger partial charge in [0.2, 0.25) is 0 Å². The average Bonchev–Trinajstić information content (AvgIpc) is 3.05. The number of benzene rings is 2. The molecule has 0 atom stereocenters. The lowest BCUT2D eigenvalue weighted by molar-refractivity contribution is 0.102. The number of halogens is 2. The van der Waals surface area contributed by atoms with Crippen LogP contribution in [0.15, 0.2) is 54.9 Å². The summed E-state index contributed by atoms with van der Waals surface area (Å²) >= 11 is 12.0. The number of carbonyl (C=O) groups is 1. The van der Waals surface area contributed by atoms with E-state index in [0.29, 0.717) is 26.9 Å². The predicted octanol–water partition coefficient (Wildman–Crippen LogP) is 4.44. The van der Waals surface area contributed by atoms with Crippen LogP contribution in [0.2, 0.25) is 10.0 Å². The Hall–Kier alpha value is -2.63. The molecule has 7 heteroatoms. The molecule has 1 amide bonds. The van der Waals surface area contributed by atoms with E-state index in [1.54, 1.807) is 30.6 Å². The summed E-state index contributed by atoms with van der Waals surface area (Å²) in [5.41, 5.74) is 2.45. The van der Waals surface area contributed by atoms with E-state index < -0.39 is 0 Å². The fraction of sp³-hybridized carbons (Fsp3) is 0. The molecule has 2 aromatic carbocycles. The minimum atomic E-state index is -0.277. The molecule has 0 radical (unpaired) electrons. The van der Waals surface area contributed by atoms with Crippen molar-refractivity contribution in [2.24, 2.45) is 0 Å². The van der Waals surface area contributed by atoms with Crippen molar-refractivity contribution >= 4 is 51.3 Å². The summed E-state index contributed by atoms with van der Waals surface area (Å²) in [6, 6.07) is 14.2. The fourth-order valence-corrected chi connectivity index (χ4v) is 3.07. The number of anilines is 1. The SMILES string of the molecule is O=C(Nc1ccc(Cl)cc1Cl)c1cc2nncn2c2ccccc12. The number of hydrogen-bond donors (Lipinski definition) is 1. The van der Waals surface area contributed by atoms with E-state index in [1.807, 2.05) is 28.7 Å². The van der Waals surface area contributed by atoms with Crippen molar-refractivity contribution in [2.45, 2.75) is 0 Å². The Kier molecular flexibility index (Phi) is 3.59. The van der Waals surface area contributed by atoms with Gasteiger partial charge in [-0.2, -0.15) is 0 Å². The minimum absolute atomic E-state index is 0.277. The van der Waals surface area contributed by atoms with Gasteiger partial charge in [0.05, 0.1) is 21.8 Å². The zero-order chi connectivity index (χ0) is 16.7. The van der Waals surface area contributed by atoms with Crippen LogP contribution in [0, 0.1) is 0 Å². The summed E-state index contributed by atoms with van der Waals surface area (Å²) in [5.74, 6) is -0.277. The van der Waals surface area contributed by atoms with Gasteiger partial charge in [-0.3, -0.25) is 9.20 Å². The second-order valence-electron chi connectivity index (χ2n) is 5.21. The molecule has 2 aromatic heterocycles. The van der Waals surface area contributed by atoms with Crippen LogP contribution < -0.4 is 5.32 Å². The summed E-state index contributed by atoms with van der Waals surface area (Å²) in [5, 5.41) is 12.4. The van der Waals surface area contributed by atoms with Crippen molar-refractivity contribution in [3.8, 4) is 0 Å². The highest BCUT2D eigenvalue weighted by atomic mass is 35.5. The van der Waals surface area contributed by atoms with Crippen LogP contribution in [0.25, 0.3) is 16.6 Å². The second-order valence-corrected chi connectivity index (χ2v) is 6.06. The molecule has 0 aliphatic carbocycles. The maximum absolute atomic E-state index is 12.8. The summed E-state index contributed by atoms with van der Waals surface area (Å²) in [7, 11) is 0. The van der Waals surface area contributed by atoms with Crippen LogP contribution >= 0.6 is 23.2 Å². The van der Waals surface area contributed by atoms with E-state index in [4.69, 9.17) is 23.2 Å². The van der Waals surface area contributed by atoms with Crippen LogP contribution in [-0.2, 0) is 0 Å². The molecular formula is C17H10Cl2N4O. The predicted molar refractivity (Wildman–Crippen MR) is 94.9 cm³/mol. The van der Waals surface area contributed by atoms with Crippen LogP contribution in [0.3, 0.4) is 0 Å². The molecule has 1 N–H and O–H groups in total. The molecule has 0 unspecified atom stereocenters. The summed E-state index contributed by atoms with van der Waals surface area (Å²) in [6.45, 7) is 0. The monoisotopic (exact) mass is 356 g/mol. The number of para-hydroxylation sites is 1. The number of carbonyl (C=O) groups excluding carboxylic acids is 1.